The van der Waals surface area contributed by atoms with E-state index in [1.54, 1.807) is 17.2 Å². The van der Waals surface area contributed by atoms with Gasteiger partial charge in [0.2, 0.25) is 0 Å². The number of aromatic nitrogens is 1. The number of carbonyl (C=O) groups is 2. The van der Waals surface area contributed by atoms with Crippen LogP contribution in [0.4, 0.5) is 5.82 Å². The standard InChI is InChI=1S/C20H23N3O2/c1-15-7-8-18(21-14-15)22-19(24)20(25)23-11-9-17(10-12-23)13-16-5-3-2-4-6-16/h2-8,14,17H,9-13H2,1H3,(H,21,22,24). The maximum absolute atomic E-state index is 12.3. The zero-order chi connectivity index (χ0) is 17.6. The number of hydrogen-bond acceptors (Lipinski definition) is 3. The lowest BCUT2D eigenvalue weighted by Gasteiger charge is -2.31. The Morgan fingerprint density at radius 1 is 1.12 bits per heavy atom. The number of likely N-dealkylation sites (tertiary alicyclic amines) is 1. The summed E-state index contributed by atoms with van der Waals surface area (Å²) < 4.78 is 0. The number of nitrogens with one attached hydrogen (secondary N) is 1. The lowest BCUT2D eigenvalue weighted by molar-refractivity contribution is -0.144. The van der Waals surface area contributed by atoms with Crippen LogP contribution in [0.3, 0.4) is 0 Å². The molecule has 0 spiro atoms. The SMILES string of the molecule is Cc1ccc(NC(=O)C(=O)N2CCC(Cc3ccccc3)CC2)nc1. The van der Waals surface area contributed by atoms with Crippen molar-refractivity contribution in [1.29, 1.82) is 0 Å². The smallest absolute Gasteiger partial charge is 0.315 e. The van der Waals surface area contributed by atoms with Gasteiger partial charge in [-0.2, -0.15) is 0 Å². The fraction of sp³-hybridized carbons (Fsp3) is 0.350. The summed E-state index contributed by atoms with van der Waals surface area (Å²) in [5.41, 5.74) is 2.33. The van der Waals surface area contributed by atoms with E-state index in [1.807, 2.05) is 19.1 Å². The zero-order valence-corrected chi connectivity index (χ0v) is 14.4. The number of aryl methyl sites for hydroxylation is 1. The van der Waals surface area contributed by atoms with Crippen molar-refractivity contribution in [2.24, 2.45) is 5.92 Å². The van der Waals surface area contributed by atoms with E-state index in [-0.39, 0.29) is 0 Å². The molecule has 1 aromatic carbocycles. The summed E-state index contributed by atoms with van der Waals surface area (Å²) in [6.45, 7) is 3.18. The lowest BCUT2D eigenvalue weighted by Crippen LogP contribution is -2.44. The summed E-state index contributed by atoms with van der Waals surface area (Å²) in [5, 5.41) is 2.58. The van der Waals surface area contributed by atoms with Gasteiger partial charge < -0.3 is 10.2 Å². The first-order valence-corrected chi connectivity index (χ1v) is 8.68. The van der Waals surface area contributed by atoms with Crippen molar-refractivity contribution in [3.05, 3.63) is 59.8 Å². The van der Waals surface area contributed by atoms with E-state index in [4.69, 9.17) is 0 Å². The molecule has 1 aromatic heterocycles. The lowest BCUT2D eigenvalue weighted by atomic mass is 9.90. The quantitative estimate of drug-likeness (QED) is 0.876. The third-order valence-electron chi connectivity index (χ3n) is 4.62. The molecule has 130 valence electrons. The summed E-state index contributed by atoms with van der Waals surface area (Å²) in [4.78, 5) is 30.2. The van der Waals surface area contributed by atoms with Crippen molar-refractivity contribution >= 4 is 17.6 Å². The molecule has 0 saturated carbocycles. The highest BCUT2D eigenvalue weighted by Gasteiger charge is 2.27. The van der Waals surface area contributed by atoms with Crippen molar-refractivity contribution in [2.45, 2.75) is 26.2 Å². The predicted molar refractivity (Wildman–Crippen MR) is 97.1 cm³/mol. The van der Waals surface area contributed by atoms with Crippen molar-refractivity contribution in [3.63, 3.8) is 0 Å². The molecule has 1 saturated heterocycles. The Hall–Kier alpha value is -2.69. The Bertz CT molecular complexity index is 720. The molecular weight excluding hydrogens is 314 g/mol. The molecular formula is C20H23N3O2. The minimum atomic E-state index is -0.613. The summed E-state index contributed by atoms with van der Waals surface area (Å²) >= 11 is 0. The van der Waals surface area contributed by atoms with Crippen LogP contribution in [-0.4, -0.2) is 34.8 Å². The maximum atomic E-state index is 12.3. The summed E-state index contributed by atoms with van der Waals surface area (Å²) in [7, 11) is 0. The van der Waals surface area contributed by atoms with Gasteiger partial charge in [-0.3, -0.25) is 9.59 Å². The molecule has 0 aliphatic carbocycles. The Labute approximate surface area is 148 Å². The Balaban J connectivity index is 1.49. The second-order valence-corrected chi connectivity index (χ2v) is 6.60. The molecule has 0 atom stereocenters. The zero-order valence-electron chi connectivity index (χ0n) is 14.4. The monoisotopic (exact) mass is 337 g/mol. The van der Waals surface area contributed by atoms with Crippen LogP contribution in [0.25, 0.3) is 0 Å². The Kier molecular flexibility index (Phi) is 5.43. The summed E-state index contributed by atoms with van der Waals surface area (Å²) in [5.74, 6) is -0.116. The number of benzene rings is 1. The molecule has 0 unspecified atom stereocenters. The average Bonchev–Trinajstić information content (AvgIpc) is 2.64. The second kappa shape index (κ2) is 7.92. The number of pyridine rings is 1. The summed E-state index contributed by atoms with van der Waals surface area (Å²) in [6.07, 6.45) is 4.55. The van der Waals surface area contributed by atoms with Gasteiger partial charge in [0.05, 0.1) is 0 Å². The molecule has 2 amide bonds. The van der Waals surface area contributed by atoms with Crippen molar-refractivity contribution in [3.8, 4) is 0 Å². The third-order valence-corrected chi connectivity index (χ3v) is 4.62. The van der Waals surface area contributed by atoms with Crippen LogP contribution in [0.1, 0.15) is 24.0 Å². The fourth-order valence-corrected chi connectivity index (χ4v) is 3.14. The van der Waals surface area contributed by atoms with Crippen LogP contribution in [0.5, 0.6) is 0 Å². The number of rotatable bonds is 3. The molecule has 5 heteroatoms. The van der Waals surface area contributed by atoms with E-state index < -0.39 is 11.8 Å². The van der Waals surface area contributed by atoms with Crippen molar-refractivity contribution in [2.75, 3.05) is 18.4 Å². The van der Waals surface area contributed by atoms with Gasteiger partial charge in [0.1, 0.15) is 5.82 Å². The highest BCUT2D eigenvalue weighted by Crippen LogP contribution is 2.21. The molecule has 1 aliphatic rings. The predicted octanol–water partition coefficient (Wildman–Crippen LogP) is 2.81. The third kappa shape index (κ3) is 4.66. The van der Waals surface area contributed by atoms with Crippen LogP contribution in [0.15, 0.2) is 48.7 Å². The highest BCUT2D eigenvalue weighted by atomic mass is 16.2. The van der Waals surface area contributed by atoms with Gasteiger partial charge in [0, 0.05) is 19.3 Å². The van der Waals surface area contributed by atoms with Gasteiger partial charge in [0.25, 0.3) is 0 Å². The molecule has 0 bridgehead atoms. The average molecular weight is 337 g/mol. The van der Waals surface area contributed by atoms with Crippen LogP contribution >= 0.6 is 0 Å². The van der Waals surface area contributed by atoms with E-state index >= 15 is 0 Å². The van der Waals surface area contributed by atoms with E-state index in [1.165, 1.54) is 5.56 Å². The molecule has 5 nitrogen and oxygen atoms in total. The van der Waals surface area contributed by atoms with Crippen LogP contribution in [0, 0.1) is 12.8 Å². The van der Waals surface area contributed by atoms with Crippen molar-refractivity contribution < 1.29 is 9.59 Å². The van der Waals surface area contributed by atoms with Gasteiger partial charge in [-0.15, -0.1) is 0 Å². The molecule has 0 radical (unpaired) electrons. The second-order valence-electron chi connectivity index (χ2n) is 6.60. The minimum absolute atomic E-state index is 0.405. The van der Waals surface area contributed by atoms with E-state index in [0.717, 1.165) is 24.8 Å². The first kappa shape index (κ1) is 17.1. The van der Waals surface area contributed by atoms with Gasteiger partial charge in [0.15, 0.2) is 0 Å². The molecule has 2 aromatic rings. The maximum Gasteiger partial charge on any atom is 0.315 e. The van der Waals surface area contributed by atoms with E-state index in [9.17, 15) is 9.59 Å². The minimum Gasteiger partial charge on any atom is -0.334 e. The fourth-order valence-electron chi connectivity index (χ4n) is 3.14. The number of anilines is 1. The van der Waals surface area contributed by atoms with E-state index in [0.29, 0.717) is 24.8 Å². The number of nitrogens with zero attached hydrogens (tertiary/aromatic N) is 2. The summed E-state index contributed by atoms with van der Waals surface area (Å²) in [6, 6.07) is 14.0. The first-order valence-electron chi connectivity index (χ1n) is 8.68. The molecule has 2 heterocycles. The Morgan fingerprint density at radius 3 is 2.48 bits per heavy atom. The topological polar surface area (TPSA) is 62.3 Å². The van der Waals surface area contributed by atoms with E-state index in [2.05, 4.69) is 34.6 Å². The van der Waals surface area contributed by atoms with Crippen LogP contribution < -0.4 is 5.32 Å². The van der Waals surface area contributed by atoms with Gasteiger partial charge >= 0.3 is 11.8 Å². The Morgan fingerprint density at radius 2 is 1.84 bits per heavy atom. The molecule has 3 rings (SSSR count). The molecule has 1 aliphatic heterocycles. The number of hydrogen-bond donors (Lipinski definition) is 1. The normalized spacial score (nSPS) is 15.0. The largest absolute Gasteiger partial charge is 0.334 e. The number of carbonyl (C=O) groups excluding carboxylic acids is 2. The highest BCUT2D eigenvalue weighted by molar-refractivity contribution is 6.39. The number of amides is 2. The number of piperidine rings is 1. The van der Waals surface area contributed by atoms with Gasteiger partial charge in [-0.1, -0.05) is 36.4 Å². The molecule has 1 N–H and O–H groups in total. The molecule has 25 heavy (non-hydrogen) atoms. The van der Waals surface area contributed by atoms with Crippen molar-refractivity contribution in [1.82, 2.24) is 9.88 Å². The van der Waals surface area contributed by atoms with Gasteiger partial charge in [-0.25, -0.2) is 4.98 Å². The molecule has 1 fully saturated rings. The van der Waals surface area contributed by atoms with Crippen LogP contribution in [-0.2, 0) is 16.0 Å². The first-order chi connectivity index (χ1) is 12.1. The van der Waals surface area contributed by atoms with Crippen LogP contribution in [0.2, 0.25) is 0 Å². The van der Waals surface area contributed by atoms with Gasteiger partial charge in [-0.05, 0) is 49.3 Å².